The minimum atomic E-state index is -1.11. The Hall–Kier alpha value is -1.59. The van der Waals surface area contributed by atoms with Crippen molar-refractivity contribution in [3.8, 4) is 0 Å². The summed E-state index contributed by atoms with van der Waals surface area (Å²) in [6.07, 6.45) is 0.181. The first-order chi connectivity index (χ1) is 6.92. The Morgan fingerprint density at radius 2 is 2.13 bits per heavy atom. The molecule has 0 heterocycles. The molecule has 1 fully saturated rings. The number of ether oxygens (including phenoxy) is 1. The summed E-state index contributed by atoms with van der Waals surface area (Å²) >= 11 is 0. The van der Waals surface area contributed by atoms with E-state index in [-0.39, 0.29) is 18.2 Å². The lowest BCUT2D eigenvalue weighted by Crippen LogP contribution is -2.44. The number of carbonyl (C=O) groups is 3. The zero-order valence-electron chi connectivity index (χ0n) is 8.57. The Morgan fingerprint density at radius 1 is 1.53 bits per heavy atom. The summed E-state index contributed by atoms with van der Waals surface area (Å²) in [7, 11) is 1.21. The Kier molecular flexibility index (Phi) is 2.97. The number of hydrogen-bond donors (Lipinski definition) is 2. The number of methoxy groups -OCH3 is 1. The summed E-state index contributed by atoms with van der Waals surface area (Å²) in [5.41, 5.74) is -1.11. The third-order valence-electron chi connectivity index (χ3n) is 2.47. The summed E-state index contributed by atoms with van der Waals surface area (Å²) in [5, 5.41) is 11.0. The van der Waals surface area contributed by atoms with Crippen molar-refractivity contribution in [2.75, 3.05) is 7.11 Å². The normalized spacial score (nSPS) is 28.0. The lowest BCUT2D eigenvalue weighted by molar-refractivity contribution is -0.147. The zero-order chi connectivity index (χ0) is 11.6. The molecular weight excluding hydrogens is 202 g/mol. The van der Waals surface area contributed by atoms with Crippen molar-refractivity contribution in [1.29, 1.82) is 0 Å². The molecule has 0 aromatic heterocycles. The van der Waals surface area contributed by atoms with Crippen molar-refractivity contribution in [3.05, 3.63) is 0 Å². The van der Waals surface area contributed by atoms with Gasteiger partial charge in [0.1, 0.15) is 5.54 Å². The van der Waals surface area contributed by atoms with Crippen molar-refractivity contribution in [3.63, 3.8) is 0 Å². The second kappa shape index (κ2) is 3.88. The van der Waals surface area contributed by atoms with Crippen molar-refractivity contribution in [1.82, 2.24) is 5.32 Å². The second-order valence-corrected chi connectivity index (χ2v) is 3.64. The fraction of sp³-hybridized carbons (Fsp3) is 0.667. The number of aliphatic carboxylic acids is 1. The van der Waals surface area contributed by atoms with Crippen LogP contribution in [0.4, 0.5) is 0 Å². The van der Waals surface area contributed by atoms with E-state index in [0.29, 0.717) is 6.42 Å². The largest absolute Gasteiger partial charge is 0.481 e. The first-order valence-electron chi connectivity index (χ1n) is 4.51. The van der Waals surface area contributed by atoms with Crippen LogP contribution in [0.25, 0.3) is 0 Å². The molecule has 6 heteroatoms. The van der Waals surface area contributed by atoms with Gasteiger partial charge in [-0.15, -0.1) is 0 Å². The Balaban J connectivity index is 2.70. The molecule has 0 saturated heterocycles. The van der Waals surface area contributed by atoms with Crippen molar-refractivity contribution >= 4 is 17.8 Å². The van der Waals surface area contributed by atoms with Crippen LogP contribution < -0.4 is 5.32 Å². The topological polar surface area (TPSA) is 92.7 Å². The first-order valence-corrected chi connectivity index (χ1v) is 4.51. The van der Waals surface area contributed by atoms with Gasteiger partial charge in [0.15, 0.2) is 0 Å². The van der Waals surface area contributed by atoms with Gasteiger partial charge in [0.2, 0.25) is 5.91 Å². The minimum absolute atomic E-state index is 0.143. The van der Waals surface area contributed by atoms with Gasteiger partial charge in [0.25, 0.3) is 0 Å². The Bertz CT molecular complexity index is 314. The lowest BCUT2D eigenvalue weighted by atomic mass is 10.1. The SMILES string of the molecule is COC(=O)C1(NC(C)=O)CC1CC(=O)O. The molecule has 1 rings (SSSR count). The molecule has 1 aliphatic rings. The summed E-state index contributed by atoms with van der Waals surface area (Å²) in [4.78, 5) is 32.7. The van der Waals surface area contributed by atoms with Gasteiger partial charge in [-0.2, -0.15) is 0 Å². The molecule has 2 atom stereocenters. The maximum Gasteiger partial charge on any atom is 0.331 e. The smallest absolute Gasteiger partial charge is 0.331 e. The number of esters is 1. The molecule has 84 valence electrons. The monoisotopic (exact) mass is 215 g/mol. The van der Waals surface area contributed by atoms with Crippen molar-refractivity contribution < 1.29 is 24.2 Å². The fourth-order valence-corrected chi connectivity index (χ4v) is 1.74. The van der Waals surface area contributed by atoms with Gasteiger partial charge in [-0.1, -0.05) is 0 Å². The molecule has 0 aliphatic heterocycles. The first kappa shape index (κ1) is 11.5. The second-order valence-electron chi connectivity index (χ2n) is 3.64. The van der Waals surface area contributed by atoms with Crippen LogP contribution in [0, 0.1) is 5.92 Å². The van der Waals surface area contributed by atoms with E-state index >= 15 is 0 Å². The maximum absolute atomic E-state index is 11.4. The van der Waals surface area contributed by atoms with Gasteiger partial charge in [-0.05, 0) is 6.42 Å². The molecule has 6 nitrogen and oxygen atoms in total. The number of hydrogen-bond acceptors (Lipinski definition) is 4. The van der Waals surface area contributed by atoms with E-state index < -0.39 is 17.5 Å². The van der Waals surface area contributed by atoms with E-state index in [0.717, 1.165) is 0 Å². The highest BCUT2D eigenvalue weighted by molar-refractivity contribution is 5.91. The number of carboxylic acids is 1. The van der Waals surface area contributed by atoms with E-state index in [4.69, 9.17) is 5.11 Å². The number of carboxylic acid groups (broad SMARTS) is 1. The van der Waals surface area contributed by atoms with Crippen molar-refractivity contribution in [2.45, 2.75) is 25.3 Å². The van der Waals surface area contributed by atoms with Crippen LogP contribution in [0.5, 0.6) is 0 Å². The molecule has 0 aromatic rings. The van der Waals surface area contributed by atoms with Crippen LogP contribution in [0.1, 0.15) is 19.8 Å². The number of amides is 1. The summed E-state index contributed by atoms with van der Waals surface area (Å²) in [6.45, 7) is 1.28. The number of nitrogens with one attached hydrogen (secondary N) is 1. The van der Waals surface area contributed by atoms with Gasteiger partial charge >= 0.3 is 11.9 Å². The lowest BCUT2D eigenvalue weighted by Gasteiger charge is -2.15. The fourth-order valence-electron chi connectivity index (χ4n) is 1.74. The zero-order valence-corrected chi connectivity index (χ0v) is 8.57. The summed E-state index contributed by atoms with van der Waals surface area (Å²) in [6, 6.07) is 0. The third-order valence-corrected chi connectivity index (χ3v) is 2.47. The molecule has 2 N–H and O–H groups in total. The predicted octanol–water partition coefficient (Wildman–Crippen LogP) is -0.471. The molecular formula is C9H13NO5. The van der Waals surface area contributed by atoms with Crippen LogP contribution >= 0.6 is 0 Å². The average molecular weight is 215 g/mol. The highest BCUT2D eigenvalue weighted by atomic mass is 16.5. The molecule has 0 bridgehead atoms. The molecule has 0 aromatic carbocycles. The maximum atomic E-state index is 11.4. The highest BCUT2D eigenvalue weighted by Gasteiger charge is 2.62. The molecule has 15 heavy (non-hydrogen) atoms. The molecule has 1 amide bonds. The quantitative estimate of drug-likeness (QED) is 0.618. The molecule has 1 saturated carbocycles. The van der Waals surface area contributed by atoms with Gasteiger partial charge in [-0.3, -0.25) is 9.59 Å². The minimum Gasteiger partial charge on any atom is -0.481 e. The van der Waals surface area contributed by atoms with E-state index in [1.54, 1.807) is 0 Å². The van der Waals surface area contributed by atoms with Crippen LogP contribution in [0.2, 0.25) is 0 Å². The van der Waals surface area contributed by atoms with Gasteiger partial charge in [0, 0.05) is 12.8 Å². The average Bonchev–Trinajstić information content (AvgIpc) is 2.76. The van der Waals surface area contributed by atoms with Crippen LogP contribution in [-0.2, 0) is 19.1 Å². The molecule has 2 unspecified atom stereocenters. The summed E-state index contributed by atoms with van der Waals surface area (Å²) < 4.78 is 4.54. The van der Waals surface area contributed by atoms with Gasteiger partial charge in [0.05, 0.1) is 13.5 Å². The predicted molar refractivity (Wildman–Crippen MR) is 48.9 cm³/mol. The van der Waals surface area contributed by atoms with Crippen LogP contribution in [0.15, 0.2) is 0 Å². The molecule has 1 aliphatic carbocycles. The summed E-state index contributed by atoms with van der Waals surface area (Å²) in [5.74, 6) is -2.31. The van der Waals surface area contributed by atoms with E-state index in [1.807, 2.05) is 0 Å². The van der Waals surface area contributed by atoms with Gasteiger partial charge in [-0.25, -0.2) is 4.79 Å². The highest BCUT2D eigenvalue weighted by Crippen LogP contribution is 2.46. The number of carbonyl (C=O) groups excluding carboxylic acids is 2. The number of rotatable bonds is 4. The van der Waals surface area contributed by atoms with E-state index in [1.165, 1.54) is 14.0 Å². The Labute approximate surface area is 86.6 Å². The Morgan fingerprint density at radius 3 is 2.53 bits per heavy atom. The third kappa shape index (κ3) is 2.26. The van der Waals surface area contributed by atoms with Crippen LogP contribution in [-0.4, -0.2) is 35.6 Å². The van der Waals surface area contributed by atoms with Crippen LogP contribution in [0.3, 0.4) is 0 Å². The van der Waals surface area contributed by atoms with Crippen molar-refractivity contribution in [2.24, 2.45) is 5.92 Å². The van der Waals surface area contributed by atoms with E-state index in [2.05, 4.69) is 10.1 Å². The molecule has 0 radical (unpaired) electrons. The van der Waals surface area contributed by atoms with E-state index in [9.17, 15) is 14.4 Å². The molecule has 0 spiro atoms. The van der Waals surface area contributed by atoms with Gasteiger partial charge < -0.3 is 15.2 Å². The standard InChI is InChI=1S/C9H13NO5/c1-5(11)10-9(8(14)15-2)4-6(9)3-7(12)13/h6H,3-4H2,1-2H3,(H,10,11)(H,12,13).